The number of aryl methyl sites for hydroxylation is 1. The van der Waals surface area contributed by atoms with E-state index in [1.165, 1.54) is 13.8 Å². The van der Waals surface area contributed by atoms with Crippen LogP contribution in [0.2, 0.25) is 0 Å². The lowest BCUT2D eigenvalue weighted by Crippen LogP contribution is -2.18. The van der Waals surface area contributed by atoms with Gasteiger partial charge in [0.05, 0.1) is 11.8 Å². The molecule has 7 nitrogen and oxygen atoms in total. The number of nitrogens with two attached hydrogens (primary N) is 1. The zero-order valence-corrected chi connectivity index (χ0v) is 10.3. The summed E-state index contributed by atoms with van der Waals surface area (Å²) in [6, 6.07) is 0. The van der Waals surface area contributed by atoms with Gasteiger partial charge in [-0.2, -0.15) is 0 Å². The second-order valence-corrected chi connectivity index (χ2v) is 5.28. The van der Waals surface area contributed by atoms with Crippen molar-refractivity contribution in [1.82, 2.24) is 0 Å². The third-order valence-electron chi connectivity index (χ3n) is 1.96. The number of amides is 1. The first kappa shape index (κ1) is 13.2. The van der Waals surface area contributed by atoms with Gasteiger partial charge in [0.15, 0.2) is 5.78 Å². The van der Waals surface area contributed by atoms with Gasteiger partial charge in [0.25, 0.3) is 5.91 Å². The molecule has 0 saturated heterocycles. The Labute approximate surface area is 98.0 Å². The van der Waals surface area contributed by atoms with E-state index in [0.29, 0.717) is 0 Å². The van der Waals surface area contributed by atoms with Crippen LogP contribution < -0.4 is 10.5 Å². The number of rotatable bonds is 4. The molecule has 0 saturated carbocycles. The maximum Gasteiger partial charge on any atom is 0.255 e. The van der Waals surface area contributed by atoms with E-state index in [1.54, 1.807) is 0 Å². The van der Waals surface area contributed by atoms with E-state index in [-0.39, 0.29) is 22.8 Å². The van der Waals surface area contributed by atoms with Gasteiger partial charge in [-0.15, -0.1) is 0 Å². The lowest BCUT2D eigenvalue weighted by atomic mass is 10.1. The van der Waals surface area contributed by atoms with E-state index >= 15 is 0 Å². The third kappa shape index (κ3) is 2.84. The Morgan fingerprint density at radius 3 is 2.18 bits per heavy atom. The van der Waals surface area contributed by atoms with Crippen LogP contribution in [0.5, 0.6) is 0 Å². The number of carbonyl (C=O) groups excluding carboxylic acids is 2. The Morgan fingerprint density at radius 2 is 1.82 bits per heavy atom. The number of anilines is 1. The molecule has 94 valence electrons. The Kier molecular flexibility index (Phi) is 3.28. The highest BCUT2D eigenvalue weighted by Gasteiger charge is 2.26. The van der Waals surface area contributed by atoms with Gasteiger partial charge < -0.3 is 10.2 Å². The first-order valence-corrected chi connectivity index (χ1v) is 6.44. The normalized spacial score (nSPS) is 11.2. The van der Waals surface area contributed by atoms with Crippen LogP contribution in [0.25, 0.3) is 0 Å². The number of Topliss-reactive ketones (excluding diaryl/α,β-unsaturated/α-hetero) is 1. The van der Waals surface area contributed by atoms with E-state index in [0.717, 1.165) is 6.26 Å². The minimum Gasteiger partial charge on any atom is -0.443 e. The summed E-state index contributed by atoms with van der Waals surface area (Å²) in [6.45, 7) is 2.67. The average Bonchev–Trinajstić information content (AvgIpc) is 2.38. The summed E-state index contributed by atoms with van der Waals surface area (Å²) in [6.07, 6.45) is 0.892. The van der Waals surface area contributed by atoms with Crippen molar-refractivity contribution in [3.05, 3.63) is 16.9 Å². The molecule has 1 rings (SSSR count). The number of hydrogen-bond donors (Lipinski definition) is 2. The second-order valence-electron chi connectivity index (χ2n) is 3.53. The van der Waals surface area contributed by atoms with Gasteiger partial charge in [-0.25, -0.2) is 8.42 Å². The molecule has 1 aromatic rings. The molecule has 0 unspecified atom stereocenters. The van der Waals surface area contributed by atoms with Gasteiger partial charge in [0, 0.05) is 0 Å². The molecule has 3 N–H and O–H groups in total. The molecule has 0 aliphatic heterocycles. The van der Waals surface area contributed by atoms with Crippen LogP contribution in [0.15, 0.2) is 4.42 Å². The average molecular weight is 260 g/mol. The van der Waals surface area contributed by atoms with E-state index in [4.69, 9.17) is 10.2 Å². The highest BCUT2D eigenvalue weighted by molar-refractivity contribution is 7.92. The molecule has 0 spiro atoms. The van der Waals surface area contributed by atoms with Crippen molar-refractivity contribution in [2.75, 3.05) is 11.0 Å². The molecular weight excluding hydrogens is 248 g/mol. The zero-order valence-electron chi connectivity index (χ0n) is 9.53. The van der Waals surface area contributed by atoms with Crippen LogP contribution in [0.4, 0.5) is 5.88 Å². The maximum absolute atomic E-state index is 11.3. The summed E-state index contributed by atoms with van der Waals surface area (Å²) in [5.74, 6) is -1.56. The smallest absolute Gasteiger partial charge is 0.255 e. The van der Waals surface area contributed by atoms with Crippen LogP contribution in [0.1, 0.15) is 33.4 Å². The molecule has 0 aliphatic carbocycles. The topological polar surface area (TPSA) is 119 Å². The fourth-order valence-corrected chi connectivity index (χ4v) is 1.92. The molecular formula is C9H12N2O5S. The predicted octanol–water partition coefficient (Wildman–Crippen LogP) is 0.261. The second kappa shape index (κ2) is 4.21. The number of primary amides is 1. The summed E-state index contributed by atoms with van der Waals surface area (Å²) < 4.78 is 29.1. The van der Waals surface area contributed by atoms with Gasteiger partial charge >= 0.3 is 0 Å². The summed E-state index contributed by atoms with van der Waals surface area (Å²) in [4.78, 5) is 22.5. The molecule has 0 aromatic carbocycles. The van der Waals surface area contributed by atoms with Gasteiger partial charge in [-0.05, 0) is 13.8 Å². The van der Waals surface area contributed by atoms with Gasteiger partial charge in [-0.3, -0.25) is 14.3 Å². The van der Waals surface area contributed by atoms with Crippen LogP contribution >= 0.6 is 0 Å². The van der Waals surface area contributed by atoms with Crippen molar-refractivity contribution in [3.8, 4) is 0 Å². The van der Waals surface area contributed by atoms with Crippen LogP contribution in [-0.2, 0) is 10.0 Å². The van der Waals surface area contributed by atoms with Crippen molar-refractivity contribution in [2.45, 2.75) is 13.8 Å². The monoisotopic (exact) mass is 260 g/mol. The number of ketones is 1. The van der Waals surface area contributed by atoms with Gasteiger partial charge in [0.2, 0.25) is 15.9 Å². The molecule has 8 heteroatoms. The van der Waals surface area contributed by atoms with Crippen molar-refractivity contribution in [3.63, 3.8) is 0 Å². The molecule has 0 radical (unpaired) electrons. The number of carbonyl (C=O) groups is 2. The number of sulfonamides is 1. The van der Waals surface area contributed by atoms with Crippen molar-refractivity contribution in [2.24, 2.45) is 5.73 Å². The Morgan fingerprint density at radius 1 is 1.29 bits per heavy atom. The fourth-order valence-electron chi connectivity index (χ4n) is 1.44. The number of hydrogen-bond acceptors (Lipinski definition) is 5. The van der Waals surface area contributed by atoms with Gasteiger partial charge in [-0.1, -0.05) is 0 Å². The quantitative estimate of drug-likeness (QED) is 0.752. The molecule has 1 amide bonds. The molecule has 1 heterocycles. The van der Waals surface area contributed by atoms with Gasteiger partial charge in [0.1, 0.15) is 11.3 Å². The number of furan rings is 1. The highest BCUT2D eigenvalue weighted by Crippen LogP contribution is 2.27. The lowest BCUT2D eigenvalue weighted by Gasteiger charge is -2.01. The molecule has 17 heavy (non-hydrogen) atoms. The summed E-state index contributed by atoms with van der Waals surface area (Å²) in [5, 5.41) is 0. The maximum atomic E-state index is 11.3. The molecule has 0 fully saturated rings. The predicted molar refractivity (Wildman–Crippen MR) is 60.4 cm³/mol. The largest absolute Gasteiger partial charge is 0.443 e. The fraction of sp³-hybridized carbons (Fsp3) is 0.333. The zero-order chi connectivity index (χ0) is 13.4. The van der Waals surface area contributed by atoms with Crippen molar-refractivity contribution >= 4 is 27.6 Å². The highest BCUT2D eigenvalue weighted by atomic mass is 32.2. The molecule has 0 atom stereocenters. The van der Waals surface area contributed by atoms with Crippen LogP contribution in [0.3, 0.4) is 0 Å². The standard InChI is InChI=1S/C9H12N2O5S/c1-4(12)6-5(2)16-9(7(6)8(10)13)11-17(3,14)15/h11H,1-3H3,(H2,10,13). The third-order valence-corrected chi connectivity index (χ3v) is 2.52. The Hall–Kier alpha value is -1.83. The Bertz CT molecular complexity index is 585. The molecule has 0 aliphatic rings. The van der Waals surface area contributed by atoms with E-state index < -0.39 is 21.7 Å². The van der Waals surface area contributed by atoms with E-state index in [1.807, 2.05) is 4.72 Å². The summed E-state index contributed by atoms with van der Waals surface area (Å²) >= 11 is 0. The van der Waals surface area contributed by atoms with Crippen LogP contribution in [-0.4, -0.2) is 26.4 Å². The summed E-state index contributed by atoms with van der Waals surface area (Å²) in [5.41, 5.74) is 4.84. The summed E-state index contributed by atoms with van der Waals surface area (Å²) in [7, 11) is -3.63. The minimum absolute atomic E-state index is 0.0105. The van der Waals surface area contributed by atoms with Crippen molar-refractivity contribution < 1.29 is 22.4 Å². The first-order chi connectivity index (χ1) is 7.63. The molecule has 0 bridgehead atoms. The lowest BCUT2D eigenvalue weighted by molar-refractivity contribution is 0.0974. The van der Waals surface area contributed by atoms with E-state index in [9.17, 15) is 18.0 Å². The molecule has 1 aromatic heterocycles. The Balaban J connectivity index is 3.48. The first-order valence-electron chi connectivity index (χ1n) is 4.55. The van der Waals surface area contributed by atoms with Crippen LogP contribution in [0, 0.1) is 6.92 Å². The minimum atomic E-state index is -3.63. The number of nitrogens with one attached hydrogen (secondary N) is 1. The SMILES string of the molecule is CC(=O)c1c(C)oc(NS(C)(=O)=O)c1C(N)=O. The van der Waals surface area contributed by atoms with Crippen molar-refractivity contribution in [1.29, 1.82) is 0 Å². The van der Waals surface area contributed by atoms with E-state index in [2.05, 4.69) is 0 Å².